The number of carboxylic acids is 1. The van der Waals surface area contributed by atoms with Gasteiger partial charge in [0.2, 0.25) is 5.91 Å². The van der Waals surface area contributed by atoms with Crippen molar-refractivity contribution < 1.29 is 14.7 Å². The second kappa shape index (κ2) is 6.78. The van der Waals surface area contributed by atoms with Crippen molar-refractivity contribution in [1.82, 2.24) is 5.32 Å². The van der Waals surface area contributed by atoms with Crippen LogP contribution >= 0.6 is 11.8 Å². The molecule has 0 aromatic heterocycles. The zero-order valence-electron chi connectivity index (χ0n) is 9.57. The number of hydrogen-bond donors (Lipinski definition) is 2. The van der Waals surface area contributed by atoms with E-state index >= 15 is 0 Å². The second-order valence-corrected chi connectivity index (χ2v) is 5.35. The Kier molecular flexibility index (Phi) is 5.66. The molecule has 0 radical (unpaired) electrons. The number of carbonyl (C=O) groups is 2. The lowest BCUT2D eigenvalue weighted by Gasteiger charge is -2.21. The van der Waals surface area contributed by atoms with Crippen LogP contribution in [0.5, 0.6) is 0 Å². The highest BCUT2D eigenvalue weighted by Crippen LogP contribution is 2.24. The Labute approximate surface area is 100 Å². The number of thioether (sulfide) groups is 1. The van der Waals surface area contributed by atoms with Crippen LogP contribution in [-0.2, 0) is 9.59 Å². The van der Waals surface area contributed by atoms with Gasteiger partial charge < -0.3 is 10.4 Å². The average Bonchev–Trinajstić information content (AvgIpc) is 2.30. The summed E-state index contributed by atoms with van der Waals surface area (Å²) in [6, 6.07) is 0. The number of aliphatic carboxylic acids is 1. The van der Waals surface area contributed by atoms with Crippen LogP contribution in [0.1, 0.15) is 32.6 Å². The number of amides is 1. The van der Waals surface area contributed by atoms with Gasteiger partial charge in [-0.2, -0.15) is 0 Å². The van der Waals surface area contributed by atoms with Crippen LogP contribution in [0.15, 0.2) is 0 Å². The highest BCUT2D eigenvalue weighted by atomic mass is 32.2. The number of carbonyl (C=O) groups excluding carboxylic acids is 1. The van der Waals surface area contributed by atoms with E-state index in [0.717, 1.165) is 18.6 Å². The fraction of sp³-hybridized carbons (Fsp3) is 0.818. The van der Waals surface area contributed by atoms with Gasteiger partial charge in [-0.3, -0.25) is 9.59 Å². The normalized spacial score (nSPS) is 22.4. The molecule has 4 nitrogen and oxygen atoms in total. The zero-order valence-corrected chi connectivity index (χ0v) is 10.4. The van der Waals surface area contributed by atoms with Gasteiger partial charge in [-0.25, -0.2) is 0 Å². The predicted octanol–water partition coefficient (Wildman–Crippen LogP) is 1.50. The summed E-state index contributed by atoms with van der Waals surface area (Å²) in [5.41, 5.74) is 0. The van der Waals surface area contributed by atoms with Gasteiger partial charge in [0, 0.05) is 6.54 Å². The van der Waals surface area contributed by atoms with Crippen molar-refractivity contribution in [1.29, 1.82) is 0 Å². The molecule has 0 aliphatic carbocycles. The van der Waals surface area contributed by atoms with Gasteiger partial charge in [0.05, 0.1) is 11.2 Å². The van der Waals surface area contributed by atoms with Gasteiger partial charge in [0.1, 0.15) is 0 Å². The molecule has 1 saturated heterocycles. The molecule has 1 rings (SSSR count). The molecule has 0 aromatic carbocycles. The molecule has 16 heavy (non-hydrogen) atoms. The second-order valence-electron chi connectivity index (χ2n) is 4.04. The quantitative estimate of drug-likeness (QED) is 0.770. The Morgan fingerprint density at radius 3 is 2.75 bits per heavy atom. The Bertz CT molecular complexity index is 252. The van der Waals surface area contributed by atoms with E-state index in [-0.39, 0.29) is 17.7 Å². The summed E-state index contributed by atoms with van der Waals surface area (Å²) in [5.74, 6) is -0.255. The molecule has 2 unspecified atom stereocenters. The largest absolute Gasteiger partial charge is 0.481 e. The summed E-state index contributed by atoms with van der Waals surface area (Å²) in [6.07, 6.45) is 3.75. The monoisotopic (exact) mass is 245 g/mol. The fourth-order valence-corrected chi connectivity index (χ4v) is 2.91. The first-order valence-electron chi connectivity index (χ1n) is 5.77. The molecule has 0 saturated carbocycles. The molecule has 1 aliphatic rings. The Balaban J connectivity index is 2.30. The fourth-order valence-electron chi connectivity index (χ4n) is 1.69. The molecule has 1 amide bonds. The van der Waals surface area contributed by atoms with E-state index in [1.54, 1.807) is 11.8 Å². The van der Waals surface area contributed by atoms with E-state index in [2.05, 4.69) is 5.32 Å². The molecule has 5 heteroatoms. The molecular weight excluding hydrogens is 226 g/mol. The average molecular weight is 245 g/mol. The maximum atomic E-state index is 11.7. The van der Waals surface area contributed by atoms with Gasteiger partial charge >= 0.3 is 5.97 Å². The molecule has 0 aromatic rings. The SMILES string of the molecule is CCC(CNC(=O)C1CCCCS1)C(=O)O. The van der Waals surface area contributed by atoms with Gasteiger partial charge in [-0.1, -0.05) is 13.3 Å². The lowest BCUT2D eigenvalue weighted by atomic mass is 10.1. The maximum absolute atomic E-state index is 11.7. The Morgan fingerprint density at radius 1 is 1.50 bits per heavy atom. The van der Waals surface area contributed by atoms with Crippen molar-refractivity contribution >= 4 is 23.6 Å². The lowest BCUT2D eigenvalue weighted by Crippen LogP contribution is -2.38. The third-order valence-corrected chi connectivity index (χ3v) is 4.21. The van der Waals surface area contributed by atoms with Crippen LogP contribution < -0.4 is 5.32 Å². The van der Waals surface area contributed by atoms with Crippen LogP contribution in [0.25, 0.3) is 0 Å². The van der Waals surface area contributed by atoms with Crippen molar-refractivity contribution in [2.45, 2.75) is 37.9 Å². The lowest BCUT2D eigenvalue weighted by molar-refractivity contribution is -0.141. The standard InChI is InChI=1S/C11H19NO3S/c1-2-8(11(14)15)7-12-10(13)9-5-3-4-6-16-9/h8-9H,2-7H2,1H3,(H,12,13)(H,14,15). The molecule has 1 aliphatic heterocycles. The first kappa shape index (κ1) is 13.4. The molecule has 2 N–H and O–H groups in total. The summed E-state index contributed by atoms with van der Waals surface area (Å²) in [7, 11) is 0. The number of rotatable bonds is 5. The first-order valence-corrected chi connectivity index (χ1v) is 6.82. The molecule has 1 heterocycles. The van der Waals surface area contributed by atoms with Crippen molar-refractivity contribution in [3.8, 4) is 0 Å². The Hall–Kier alpha value is -0.710. The van der Waals surface area contributed by atoms with E-state index in [1.807, 2.05) is 6.92 Å². The third-order valence-electron chi connectivity index (χ3n) is 2.84. The van der Waals surface area contributed by atoms with E-state index in [0.29, 0.717) is 6.42 Å². The summed E-state index contributed by atoms with van der Waals surface area (Å²) in [6.45, 7) is 2.07. The van der Waals surface area contributed by atoms with Crippen LogP contribution in [0, 0.1) is 5.92 Å². The minimum Gasteiger partial charge on any atom is -0.481 e. The maximum Gasteiger partial charge on any atom is 0.308 e. The van der Waals surface area contributed by atoms with Crippen molar-refractivity contribution in [2.24, 2.45) is 5.92 Å². The van der Waals surface area contributed by atoms with Gasteiger partial charge in [-0.15, -0.1) is 11.8 Å². The van der Waals surface area contributed by atoms with Crippen LogP contribution in [-0.4, -0.2) is 34.5 Å². The summed E-state index contributed by atoms with van der Waals surface area (Å²) in [5, 5.41) is 11.6. The molecule has 0 bridgehead atoms. The zero-order chi connectivity index (χ0) is 12.0. The van der Waals surface area contributed by atoms with Gasteiger partial charge in [0.25, 0.3) is 0 Å². The first-order chi connectivity index (χ1) is 7.65. The van der Waals surface area contributed by atoms with Crippen LogP contribution in [0.2, 0.25) is 0 Å². The molecule has 1 fully saturated rings. The van der Waals surface area contributed by atoms with Crippen LogP contribution in [0.3, 0.4) is 0 Å². The van der Waals surface area contributed by atoms with Crippen LogP contribution in [0.4, 0.5) is 0 Å². The smallest absolute Gasteiger partial charge is 0.308 e. The van der Waals surface area contributed by atoms with Crippen molar-refractivity contribution in [2.75, 3.05) is 12.3 Å². The summed E-state index contributed by atoms with van der Waals surface area (Å²) < 4.78 is 0. The van der Waals surface area contributed by atoms with E-state index in [4.69, 9.17) is 5.11 Å². The van der Waals surface area contributed by atoms with Crippen molar-refractivity contribution in [3.63, 3.8) is 0 Å². The number of carboxylic acid groups (broad SMARTS) is 1. The highest BCUT2D eigenvalue weighted by Gasteiger charge is 2.23. The molecule has 0 spiro atoms. The number of nitrogens with one attached hydrogen (secondary N) is 1. The number of hydrogen-bond acceptors (Lipinski definition) is 3. The topological polar surface area (TPSA) is 66.4 Å². The molecule has 92 valence electrons. The highest BCUT2D eigenvalue weighted by molar-refractivity contribution is 8.00. The Morgan fingerprint density at radius 2 is 2.25 bits per heavy atom. The summed E-state index contributed by atoms with van der Waals surface area (Å²) in [4.78, 5) is 22.5. The predicted molar refractivity (Wildman–Crippen MR) is 64.5 cm³/mol. The van der Waals surface area contributed by atoms with E-state index in [1.165, 1.54) is 6.42 Å². The minimum absolute atomic E-state index is 0.00407. The third kappa shape index (κ3) is 4.04. The van der Waals surface area contributed by atoms with Gasteiger partial charge in [-0.05, 0) is 25.0 Å². The molecular formula is C11H19NO3S. The van der Waals surface area contributed by atoms with Crippen molar-refractivity contribution in [3.05, 3.63) is 0 Å². The minimum atomic E-state index is -0.834. The van der Waals surface area contributed by atoms with E-state index < -0.39 is 11.9 Å². The van der Waals surface area contributed by atoms with Gasteiger partial charge in [0.15, 0.2) is 0 Å². The van der Waals surface area contributed by atoms with E-state index in [9.17, 15) is 9.59 Å². The summed E-state index contributed by atoms with van der Waals surface area (Å²) >= 11 is 1.68. The molecule has 2 atom stereocenters.